The lowest BCUT2D eigenvalue weighted by atomic mass is 9.99. The van der Waals surface area contributed by atoms with E-state index in [1.165, 1.54) is 12.1 Å². The minimum Gasteiger partial charge on any atom is -0.322 e. The molecule has 0 bridgehead atoms. The Morgan fingerprint density at radius 1 is 1.12 bits per heavy atom. The molecular weight excluding hydrogens is 429 g/mol. The third-order valence-electron chi connectivity index (χ3n) is 5.75. The number of amides is 1. The molecule has 5 nitrogen and oxygen atoms in total. The quantitative estimate of drug-likeness (QED) is 0.585. The standard InChI is InChI=1S/C25H25F3N4O/c1-17-4-5-18(13-22(17)19-3-2-8-30-15-19)24(33)31-21-7-6-20(23(14-21)25(26,27)28)16-32-11-9-29-10-12-32/h2-8,13-15,29H,9-12,16H2,1H3,(H,31,33). The summed E-state index contributed by atoms with van der Waals surface area (Å²) in [6.07, 6.45) is -1.14. The van der Waals surface area contributed by atoms with E-state index in [1.54, 1.807) is 24.5 Å². The molecule has 2 aromatic carbocycles. The number of halogens is 3. The first-order chi connectivity index (χ1) is 15.8. The minimum absolute atomic E-state index is 0.111. The van der Waals surface area contributed by atoms with E-state index in [0.717, 1.165) is 35.8 Å². The van der Waals surface area contributed by atoms with Gasteiger partial charge < -0.3 is 10.6 Å². The summed E-state index contributed by atoms with van der Waals surface area (Å²) in [4.78, 5) is 19.0. The third kappa shape index (κ3) is 5.58. The molecule has 2 N–H and O–H groups in total. The summed E-state index contributed by atoms with van der Waals surface area (Å²) in [5.41, 5.74) is 2.63. The number of nitrogens with zero attached hydrogens (tertiary/aromatic N) is 2. The number of hydrogen-bond acceptors (Lipinski definition) is 4. The van der Waals surface area contributed by atoms with Crippen LogP contribution >= 0.6 is 0 Å². The second-order valence-corrected chi connectivity index (χ2v) is 8.12. The third-order valence-corrected chi connectivity index (χ3v) is 5.75. The first kappa shape index (κ1) is 22.9. The number of aromatic nitrogens is 1. The van der Waals surface area contributed by atoms with Gasteiger partial charge >= 0.3 is 6.18 Å². The van der Waals surface area contributed by atoms with E-state index in [9.17, 15) is 18.0 Å². The van der Waals surface area contributed by atoms with Crippen LogP contribution < -0.4 is 10.6 Å². The van der Waals surface area contributed by atoms with Crippen molar-refractivity contribution >= 4 is 11.6 Å². The summed E-state index contributed by atoms with van der Waals surface area (Å²) in [5.74, 6) is -0.469. The summed E-state index contributed by atoms with van der Waals surface area (Å²) < 4.78 is 41.3. The van der Waals surface area contributed by atoms with E-state index in [4.69, 9.17) is 0 Å². The highest BCUT2D eigenvalue weighted by Gasteiger charge is 2.34. The maximum atomic E-state index is 13.8. The van der Waals surface area contributed by atoms with Crippen LogP contribution in [-0.2, 0) is 12.7 Å². The Hall–Kier alpha value is -3.23. The molecule has 3 aromatic rings. The zero-order valence-electron chi connectivity index (χ0n) is 18.2. The highest BCUT2D eigenvalue weighted by Crippen LogP contribution is 2.35. The van der Waals surface area contributed by atoms with Crippen molar-refractivity contribution in [2.45, 2.75) is 19.6 Å². The largest absolute Gasteiger partial charge is 0.416 e. The number of nitrogens with one attached hydrogen (secondary N) is 2. The molecule has 0 aliphatic carbocycles. The number of carbonyl (C=O) groups excluding carboxylic acids is 1. The molecule has 1 saturated heterocycles. The van der Waals surface area contributed by atoms with Crippen LogP contribution in [0.2, 0.25) is 0 Å². The van der Waals surface area contributed by atoms with Crippen molar-refractivity contribution in [2.75, 3.05) is 31.5 Å². The number of hydrogen-bond donors (Lipinski definition) is 2. The molecule has 1 fully saturated rings. The van der Waals surface area contributed by atoms with Gasteiger partial charge in [-0.3, -0.25) is 14.7 Å². The van der Waals surface area contributed by atoms with Crippen molar-refractivity contribution in [2.24, 2.45) is 0 Å². The van der Waals surface area contributed by atoms with Crippen molar-refractivity contribution in [3.05, 3.63) is 83.2 Å². The number of anilines is 1. The van der Waals surface area contributed by atoms with Crippen LogP contribution in [0.4, 0.5) is 18.9 Å². The van der Waals surface area contributed by atoms with Gasteiger partial charge in [0.15, 0.2) is 0 Å². The Morgan fingerprint density at radius 2 is 1.91 bits per heavy atom. The van der Waals surface area contributed by atoms with Crippen LogP contribution in [-0.4, -0.2) is 42.0 Å². The fraction of sp³-hybridized carbons (Fsp3) is 0.280. The van der Waals surface area contributed by atoms with E-state index in [1.807, 2.05) is 30.0 Å². The molecule has 4 rings (SSSR count). The second kappa shape index (κ2) is 9.72. The molecule has 0 spiro atoms. The van der Waals surface area contributed by atoms with Crippen LogP contribution in [0.3, 0.4) is 0 Å². The van der Waals surface area contributed by atoms with E-state index >= 15 is 0 Å². The van der Waals surface area contributed by atoms with Crippen LogP contribution in [0.15, 0.2) is 60.9 Å². The lowest BCUT2D eigenvalue weighted by Gasteiger charge is -2.28. The number of piperazine rings is 1. The van der Waals surface area contributed by atoms with Crippen molar-refractivity contribution < 1.29 is 18.0 Å². The lowest BCUT2D eigenvalue weighted by molar-refractivity contribution is -0.138. The summed E-state index contributed by atoms with van der Waals surface area (Å²) in [6.45, 7) is 5.05. The molecule has 2 heterocycles. The number of carbonyl (C=O) groups is 1. The molecule has 0 unspecified atom stereocenters. The van der Waals surface area contributed by atoms with Crippen molar-refractivity contribution in [1.29, 1.82) is 0 Å². The van der Waals surface area contributed by atoms with Crippen LogP contribution in [0, 0.1) is 6.92 Å². The van der Waals surface area contributed by atoms with Gasteiger partial charge in [0.2, 0.25) is 0 Å². The SMILES string of the molecule is Cc1ccc(C(=O)Nc2ccc(CN3CCNCC3)c(C(F)(F)F)c2)cc1-c1cccnc1. The number of benzene rings is 2. The van der Waals surface area contributed by atoms with Gasteiger partial charge in [-0.05, 0) is 53.9 Å². The van der Waals surface area contributed by atoms with Gasteiger partial charge in [0, 0.05) is 61.9 Å². The van der Waals surface area contributed by atoms with Crippen molar-refractivity contribution in [3.8, 4) is 11.1 Å². The average molecular weight is 454 g/mol. The van der Waals surface area contributed by atoms with Gasteiger partial charge in [0.25, 0.3) is 5.91 Å². The molecule has 0 saturated carbocycles. The lowest BCUT2D eigenvalue weighted by Crippen LogP contribution is -2.43. The van der Waals surface area contributed by atoms with Crippen molar-refractivity contribution in [3.63, 3.8) is 0 Å². The predicted molar refractivity (Wildman–Crippen MR) is 122 cm³/mol. The molecule has 172 valence electrons. The smallest absolute Gasteiger partial charge is 0.322 e. The zero-order valence-corrected chi connectivity index (χ0v) is 18.2. The Morgan fingerprint density at radius 3 is 2.61 bits per heavy atom. The number of alkyl halides is 3. The molecular formula is C25H25F3N4O. The molecule has 1 amide bonds. The molecule has 1 aliphatic rings. The van der Waals surface area contributed by atoms with E-state index < -0.39 is 17.6 Å². The molecule has 1 aliphatic heterocycles. The Bertz CT molecular complexity index is 1130. The molecule has 0 atom stereocenters. The van der Waals surface area contributed by atoms with E-state index in [0.29, 0.717) is 18.7 Å². The van der Waals surface area contributed by atoms with Crippen molar-refractivity contribution in [1.82, 2.24) is 15.2 Å². The monoisotopic (exact) mass is 454 g/mol. The fourth-order valence-electron chi connectivity index (χ4n) is 3.97. The molecule has 8 heteroatoms. The molecule has 1 aromatic heterocycles. The van der Waals surface area contributed by atoms with Gasteiger partial charge in [-0.15, -0.1) is 0 Å². The number of aryl methyl sites for hydroxylation is 1. The highest BCUT2D eigenvalue weighted by atomic mass is 19.4. The van der Waals surface area contributed by atoms with Gasteiger partial charge in [0.1, 0.15) is 0 Å². The molecule has 0 radical (unpaired) electrons. The maximum Gasteiger partial charge on any atom is 0.416 e. The summed E-state index contributed by atoms with van der Waals surface area (Å²) >= 11 is 0. The van der Waals surface area contributed by atoms with Gasteiger partial charge in [0.05, 0.1) is 5.56 Å². The topological polar surface area (TPSA) is 57.3 Å². The average Bonchev–Trinajstić information content (AvgIpc) is 2.81. The van der Waals surface area contributed by atoms with Gasteiger partial charge in [-0.25, -0.2) is 0 Å². The Balaban J connectivity index is 1.57. The minimum atomic E-state index is -4.51. The second-order valence-electron chi connectivity index (χ2n) is 8.12. The predicted octanol–water partition coefficient (Wildman–Crippen LogP) is 4.73. The number of pyridine rings is 1. The normalized spacial score (nSPS) is 14.8. The summed E-state index contributed by atoms with van der Waals surface area (Å²) in [5, 5.41) is 5.82. The van der Waals surface area contributed by atoms with Crippen LogP contribution in [0.25, 0.3) is 11.1 Å². The van der Waals surface area contributed by atoms with E-state index in [-0.39, 0.29) is 17.8 Å². The maximum absolute atomic E-state index is 13.8. The number of rotatable bonds is 5. The zero-order chi connectivity index (χ0) is 23.4. The first-order valence-corrected chi connectivity index (χ1v) is 10.8. The van der Waals surface area contributed by atoms with Gasteiger partial charge in [-0.1, -0.05) is 18.2 Å². The first-order valence-electron chi connectivity index (χ1n) is 10.8. The van der Waals surface area contributed by atoms with Crippen LogP contribution in [0.5, 0.6) is 0 Å². The van der Waals surface area contributed by atoms with Gasteiger partial charge in [-0.2, -0.15) is 13.2 Å². The molecule has 33 heavy (non-hydrogen) atoms. The van der Waals surface area contributed by atoms with E-state index in [2.05, 4.69) is 15.6 Å². The Kier molecular flexibility index (Phi) is 6.76. The summed E-state index contributed by atoms with van der Waals surface area (Å²) in [7, 11) is 0. The highest BCUT2D eigenvalue weighted by molar-refractivity contribution is 6.05. The van der Waals surface area contributed by atoms with Crippen LogP contribution in [0.1, 0.15) is 27.0 Å². The fourth-order valence-corrected chi connectivity index (χ4v) is 3.97. The Labute approximate surface area is 190 Å². The summed E-state index contributed by atoms with van der Waals surface area (Å²) in [6, 6.07) is 12.9.